The van der Waals surface area contributed by atoms with E-state index in [1.165, 1.54) is 38.4 Å². The van der Waals surface area contributed by atoms with Gasteiger partial charge in [0.05, 0.1) is 5.69 Å². The van der Waals surface area contributed by atoms with E-state index in [-0.39, 0.29) is 5.92 Å². The molecular formula is C48H35N3. The zero-order chi connectivity index (χ0) is 34.0. The molecule has 8 aromatic rings. The number of aromatic nitrogens is 3. The van der Waals surface area contributed by atoms with Crippen molar-refractivity contribution in [3.8, 4) is 33.5 Å². The van der Waals surface area contributed by atoms with Crippen molar-refractivity contribution >= 4 is 27.1 Å². The van der Waals surface area contributed by atoms with Gasteiger partial charge in [-0.1, -0.05) is 164 Å². The smallest absolute Gasteiger partial charge is 0.159 e. The second-order valence-electron chi connectivity index (χ2n) is 13.3. The van der Waals surface area contributed by atoms with Gasteiger partial charge < -0.3 is 0 Å². The quantitative estimate of drug-likeness (QED) is 0.172. The highest BCUT2D eigenvalue weighted by atomic mass is 14.9. The van der Waals surface area contributed by atoms with Crippen LogP contribution in [0.15, 0.2) is 182 Å². The Morgan fingerprint density at radius 1 is 0.549 bits per heavy atom. The van der Waals surface area contributed by atoms with Crippen LogP contribution in [0.2, 0.25) is 0 Å². The summed E-state index contributed by atoms with van der Waals surface area (Å²) < 4.78 is 0. The topological polar surface area (TPSA) is 38.7 Å². The molecule has 0 N–H and O–H groups in total. The lowest BCUT2D eigenvalue weighted by molar-refractivity contribution is 0.855. The highest BCUT2D eigenvalue weighted by Crippen LogP contribution is 2.34. The molecule has 0 bridgehead atoms. The van der Waals surface area contributed by atoms with Crippen LogP contribution in [0.5, 0.6) is 0 Å². The summed E-state index contributed by atoms with van der Waals surface area (Å²) >= 11 is 0. The number of rotatable bonds is 7. The summed E-state index contributed by atoms with van der Waals surface area (Å²) in [6.45, 7) is 0. The van der Waals surface area contributed by atoms with E-state index in [0.29, 0.717) is 6.42 Å². The molecule has 0 saturated carbocycles. The molecule has 242 valence electrons. The molecule has 6 aromatic carbocycles. The molecule has 1 aliphatic carbocycles. The maximum absolute atomic E-state index is 5.21. The zero-order valence-corrected chi connectivity index (χ0v) is 28.2. The summed E-state index contributed by atoms with van der Waals surface area (Å²) in [5.74, 6) is 1.01. The number of nitrogens with zero attached hydrogens (tertiary/aromatic N) is 3. The van der Waals surface area contributed by atoms with E-state index in [2.05, 4.69) is 175 Å². The minimum atomic E-state index is 0.254. The van der Waals surface area contributed by atoms with Gasteiger partial charge in [-0.15, -0.1) is 0 Å². The Hall–Kier alpha value is -6.45. The summed E-state index contributed by atoms with van der Waals surface area (Å²) in [7, 11) is 0. The van der Waals surface area contributed by atoms with Gasteiger partial charge in [0.25, 0.3) is 0 Å². The Kier molecular flexibility index (Phi) is 8.07. The monoisotopic (exact) mass is 653 g/mol. The van der Waals surface area contributed by atoms with Crippen LogP contribution in [0.25, 0.3) is 60.6 Å². The van der Waals surface area contributed by atoms with Crippen molar-refractivity contribution in [3.63, 3.8) is 0 Å². The number of hydrogen-bond donors (Lipinski definition) is 0. The van der Waals surface area contributed by atoms with Gasteiger partial charge in [0.15, 0.2) is 5.82 Å². The van der Waals surface area contributed by atoms with Crippen LogP contribution >= 0.6 is 0 Å². The summed E-state index contributed by atoms with van der Waals surface area (Å²) in [5.41, 5.74) is 11.2. The Bertz CT molecular complexity index is 2560. The van der Waals surface area contributed by atoms with Crippen LogP contribution in [0.3, 0.4) is 0 Å². The van der Waals surface area contributed by atoms with Gasteiger partial charge in [0.1, 0.15) is 0 Å². The molecule has 0 fully saturated rings. The second-order valence-corrected chi connectivity index (χ2v) is 13.3. The summed E-state index contributed by atoms with van der Waals surface area (Å²) in [6.07, 6.45) is 12.3. The van der Waals surface area contributed by atoms with Crippen LogP contribution in [0, 0.1) is 0 Å². The van der Waals surface area contributed by atoms with E-state index in [1.54, 1.807) is 0 Å². The standard InChI is InChI=1S/C48H35N3/c1-2-9-34(10-3-1)36-19-17-33(18-20-36)27-44-30-47(38-24-22-37(23-25-38)46-32-49-31-43-13-6-7-16-45(43)46)51-48(50-44)42-15-8-14-40(29-42)41-26-21-35-11-4-5-12-39(35)28-41/h1-13,15-26,28-32,40H,14,27H2. The third-order valence-corrected chi connectivity index (χ3v) is 9.91. The van der Waals surface area contributed by atoms with Gasteiger partial charge in [-0.25, -0.2) is 9.97 Å². The normalized spacial score (nSPS) is 14.1. The molecule has 0 amide bonds. The third-order valence-electron chi connectivity index (χ3n) is 9.91. The highest BCUT2D eigenvalue weighted by Gasteiger charge is 2.17. The molecule has 1 aliphatic rings. The number of pyridine rings is 1. The van der Waals surface area contributed by atoms with Gasteiger partial charge in [-0.05, 0) is 56.5 Å². The first-order valence-electron chi connectivity index (χ1n) is 17.6. The van der Waals surface area contributed by atoms with Crippen molar-refractivity contribution < 1.29 is 0 Å². The number of fused-ring (bicyclic) bond motifs is 2. The molecule has 2 aromatic heterocycles. The summed E-state index contributed by atoms with van der Waals surface area (Å²) in [6, 6.07) is 54.0. The van der Waals surface area contributed by atoms with Crippen molar-refractivity contribution in [2.45, 2.75) is 18.8 Å². The van der Waals surface area contributed by atoms with E-state index < -0.39 is 0 Å². The molecule has 3 nitrogen and oxygen atoms in total. The SMILES string of the molecule is C1=CC(c2nc(Cc3ccc(-c4ccccc4)cc3)cc(-c3ccc(-c4cncc5ccccc45)cc3)n2)=CC(c2ccc3ccccc3c2)C1. The van der Waals surface area contributed by atoms with Gasteiger partial charge in [-0.3, -0.25) is 4.98 Å². The molecule has 2 heterocycles. The molecule has 1 unspecified atom stereocenters. The van der Waals surface area contributed by atoms with E-state index in [1.807, 2.05) is 12.4 Å². The Morgan fingerprint density at radius 2 is 1.25 bits per heavy atom. The first-order chi connectivity index (χ1) is 25.2. The number of hydrogen-bond acceptors (Lipinski definition) is 3. The first-order valence-corrected chi connectivity index (χ1v) is 17.6. The van der Waals surface area contributed by atoms with E-state index in [9.17, 15) is 0 Å². The zero-order valence-electron chi connectivity index (χ0n) is 28.2. The van der Waals surface area contributed by atoms with Gasteiger partial charge in [0.2, 0.25) is 0 Å². The molecule has 1 atom stereocenters. The van der Waals surface area contributed by atoms with Crippen molar-refractivity contribution in [3.05, 3.63) is 205 Å². The fourth-order valence-corrected chi connectivity index (χ4v) is 7.19. The molecule has 0 spiro atoms. The highest BCUT2D eigenvalue weighted by molar-refractivity contribution is 5.96. The maximum atomic E-state index is 5.21. The van der Waals surface area contributed by atoms with Gasteiger partial charge in [0, 0.05) is 52.5 Å². The third kappa shape index (κ3) is 6.38. The predicted octanol–water partition coefficient (Wildman–Crippen LogP) is 11.9. The van der Waals surface area contributed by atoms with Crippen molar-refractivity contribution in [2.75, 3.05) is 0 Å². The van der Waals surface area contributed by atoms with Crippen LogP contribution in [-0.2, 0) is 6.42 Å². The molecule has 51 heavy (non-hydrogen) atoms. The van der Waals surface area contributed by atoms with Crippen LogP contribution < -0.4 is 0 Å². The fourth-order valence-electron chi connectivity index (χ4n) is 7.19. The molecule has 0 saturated heterocycles. The molecule has 9 rings (SSSR count). The number of allylic oxidation sites excluding steroid dienone is 4. The predicted molar refractivity (Wildman–Crippen MR) is 211 cm³/mol. The Morgan fingerprint density at radius 3 is 2.10 bits per heavy atom. The lowest BCUT2D eigenvalue weighted by atomic mass is 9.88. The van der Waals surface area contributed by atoms with Crippen molar-refractivity contribution in [1.82, 2.24) is 15.0 Å². The minimum Gasteiger partial charge on any atom is -0.263 e. The summed E-state index contributed by atoms with van der Waals surface area (Å²) in [5, 5.41) is 4.86. The van der Waals surface area contributed by atoms with Gasteiger partial charge >= 0.3 is 0 Å². The van der Waals surface area contributed by atoms with E-state index in [4.69, 9.17) is 9.97 Å². The largest absolute Gasteiger partial charge is 0.263 e. The first kappa shape index (κ1) is 30.6. The van der Waals surface area contributed by atoms with E-state index >= 15 is 0 Å². The molecule has 0 aliphatic heterocycles. The molecule has 3 heteroatoms. The fraction of sp³-hybridized carbons (Fsp3) is 0.0625. The average Bonchev–Trinajstić information content (AvgIpc) is 3.21. The maximum Gasteiger partial charge on any atom is 0.159 e. The van der Waals surface area contributed by atoms with Crippen molar-refractivity contribution in [2.24, 2.45) is 0 Å². The summed E-state index contributed by atoms with van der Waals surface area (Å²) in [4.78, 5) is 14.9. The number of benzene rings is 6. The second kappa shape index (κ2) is 13.5. The average molecular weight is 654 g/mol. The van der Waals surface area contributed by atoms with Crippen LogP contribution in [0.1, 0.15) is 35.0 Å². The van der Waals surface area contributed by atoms with Crippen LogP contribution in [-0.4, -0.2) is 15.0 Å². The molecule has 0 radical (unpaired) electrons. The lowest BCUT2D eigenvalue weighted by Crippen LogP contribution is -2.05. The van der Waals surface area contributed by atoms with Crippen molar-refractivity contribution in [1.29, 1.82) is 0 Å². The van der Waals surface area contributed by atoms with Gasteiger partial charge in [-0.2, -0.15) is 0 Å². The Labute approximate surface area is 298 Å². The van der Waals surface area contributed by atoms with E-state index in [0.717, 1.165) is 51.3 Å². The molecular weight excluding hydrogens is 619 g/mol. The Balaban J connectivity index is 1.08. The minimum absolute atomic E-state index is 0.254. The van der Waals surface area contributed by atoms with Crippen LogP contribution in [0.4, 0.5) is 0 Å². The lowest BCUT2D eigenvalue weighted by Gasteiger charge is -2.18.